The van der Waals surface area contributed by atoms with Gasteiger partial charge in [-0.2, -0.15) is 0 Å². The molecule has 0 aromatic carbocycles. The summed E-state index contributed by atoms with van der Waals surface area (Å²) < 4.78 is 16.6. The number of hydrogen-bond acceptors (Lipinski definition) is 6. The van der Waals surface area contributed by atoms with Crippen LogP contribution in [0.15, 0.2) is 36.5 Å². The number of hydrogen-bond donors (Lipinski definition) is 0. The third kappa shape index (κ3) is 44.7. The molecule has 338 valence electrons. The maximum atomic E-state index is 12.6. The SMILES string of the molecule is CCCCCCC/C=C\C/C=C\C/C=C\CCCCCCCCCCCCC(=O)OCC(COC(=O)CCCCCCCC)OC(=O)CCCCCCCCCCC. The summed E-state index contributed by atoms with van der Waals surface area (Å²) in [5.74, 6) is -0.883. The molecule has 6 heteroatoms. The van der Waals surface area contributed by atoms with Crippen molar-refractivity contribution >= 4 is 17.9 Å². The van der Waals surface area contributed by atoms with Crippen LogP contribution in [0, 0.1) is 0 Å². The lowest BCUT2D eigenvalue weighted by Crippen LogP contribution is -2.30. The Labute approximate surface area is 359 Å². The molecular weight excluding hydrogens is 721 g/mol. The molecule has 0 aliphatic carbocycles. The Morgan fingerprint density at radius 1 is 0.345 bits per heavy atom. The van der Waals surface area contributed by atoms with Gasteiger partial charge in [0.25, 0.3) is 0 Å². The van der Waals surface area contributed by atoms with Crippen LogP contribution in [0.2, 0.25) is 0 Å². The first-order valence-corrected chi connectivity index (χ1v) is 25.0. The number of carbonyl (C=O) groups is 3. The Morgan fingerprint density at radius 2 is 0.621 bits per heavy atom. The molecule has 0 bridgehead atoms. The van der Waals surface area contributed by atoms with Crippen molar-refractivity contribution in [2.75, 3.05) is 13.2 Å². The lowest BCUT2D eigenvalue weighted by molar-refractivity contribution is -0.167. The van der Waals surface area contributed by atoms with Gasteiger partial charge in [-0.1, -0.05) is 218 Å². The van der Waals surface area contributed by atoms with E-state index in [1.807, 2.05) is 0 Å². The van der Waals surface area contributed by atoms with Gasteiger partial charge < -0.3 is 14.2 Å². The first-order valence-electron chi connectivity index (χ1n) is 25.0. The molecule has 0 saturated carbocycles. The fraction of sp³-hybridized carbons (Fsp3) is 0.827. The Balaban J connectivity index is 4.05. The molecule has 58 heavy (non-hydrogen) atoms. The molecule has 1 unspecified atom stereocenters. The molecule has 6 nitrogen and oxygen atoms in total. The number of carbonyl (C=O) groups excluding carboxylic acids is 3. The van der Waals surface area contributed by atoms with E-state index in [0.717, 1.165) is 70.6 Å². The second kappa shape index (κ2) is 47.3. The summed E-state index contributed by atoms with van der Waals surface area (Å²) in [4.78, 5) is 37.5. The molecule has 0 heterocycles. The van der Waals surface area contributed by atoms with Crippen LogP contribution in [0.4, 0.5) is 0 Å². The summed E-state index contributed by atoms with van der Waals surface area (Å²) in [6, 6.07) is 0. The van der Waals surface area contributed by atoms with Gasteiger partial charge >= 0.3 is 17.9 Å². The summed E-state index contributed by atoms with van der Waals surface area (Å²) in [6.07, 6.45) is 54.5. The van der Waals surface area contributed by atoms with E-state index in [-0.39, 0.29) is 31.1 Å². The predicted molar refractivity (Wildman–Crippen MR) is 247 cm³/mol. The second-order valence-corrected chi connectivity index (χ2v) is 16.7. The van der Waals surface area contributed by atoms with Crippen LogP contribution in [0.25, 0.3) is 0 Å². The van der Waals surface area contributed by atoms with Crippen molar-refractivity contribution in [2.24, 2.45) is 0 Å². The zero-order valence-electron chi connectivity index (χ0n) is 38.6. The van der Waals surface area contributed by atoms with E-state index >= 15 is 0 Å². The maximum absolute atomic E-state index is 12.6. The highest BCUT2D eigenvalue weighted by atomic mass is 16.6. The van der Waals surface area contributed by atoms with Crippen molar-refractivity contribution in [3.05, 3.63) is 36.5 Å². The van der Waals surface area contributed by atoms with Gasteiger partial charge in [-0.3, -0.25) is 14.4 Å². The lowest BCUT2D eigenvalue weighted by atomic mass is 10.1. The van der Waals surface area contributed by atoms with Crippen LogP contribution < -0.4 is 0 Å². The van der Waals surface area contributed by atoms with Crippen LogP contribution >= 0.6 is 0 Å². The largest absolute Gasteiger partial charge is 0.462 e. The van der Waals surface area contributed by atoms with E-state index < -0.39 is 6.10 Å². The normalized spacial score (nSPS) is 12.3. The standard InChI is InChI=1S/C52H94O6/c1-4-7-10-13-16-18-19-20-21-22-23-24-25-26-27-28-29-30-31-32-33-35-36-39-42-45-51(54)57-48-49(47-56-50(53)44-41-38-15-12-9-6-3)58-52(55)46-43-40-37-34-17-14-11-8-5-2/h19-20,22-23,25-26,49H,4-18,21,24,27-48H2,1-3H3/b20-19-,23-22-,26-25-. The minimum atomic E-state index is -0.764. The van der Waals surface area contributed by atoms with Crippen molar-refractivity contribution in [1.29, 1.82) is 0 Å². The van der Waals surface area contributed by atoms with Gasteiger partial charge in [-0.25, -0.2) is 0 Å². The molecule has 1 atom stereocenters. The van der Waals surface area contributed by atoms with Crippen LogP contribution in [-0.2, 0) is 28.6 Å². The van der Waals surface area contributed by atoms with Crippen LogP contribution in [0.1, 0.15) is 258 Å². The minimum Gasteiger partial charge on any atom is -0.462 e. The molecule has 0 N–H and O–H groups in total. The van der Waals surface area contributed by atoms with Gasteiger partial charge in [-0.05, 0) is 57.8 Å². The fourth-order valence-electron chi connectivity index (χ4n) is 7.10. The summed E-state index contributed by atoms with van der Waals surface area (Å²) in [5, 5.41) is 0. The summed E-state index contributed by atoms with van der Waals surface area (Å²) >= 11 is 0. The van der Waals surface area contributed by atoms with Gasteiger partial charge in [0.05, 0.1) is 0 Å². The predicted octanol–water partition coefficient (Wildman–Crippen LogP) is 16.1. The van der Waals surface area contributed by atoms with Crippen molar-refractivity contribution in [3.8, 4) is 0 Å². The molecule has 0 amide bonds. The van der Waals surface area contributed by atoms with Crippen LogP contribution in [0.3, 0.4) is 0 Å². The van der Waals surface area contributed by atoms with Gasteiger partial charge in [0.1, 0.15) is 13.2 Å². The highest BCUT2D eigenvalue weighted by Crippen LogP contribution is 2.15. The van der Waals surface area contributed by atoms with E-state index in [0.29, 0.717) is 19.3 Å². The summed E-state index contributed by atoms with van der Waals surface area (Å²) in [6.45, 7) is 6.55. The third-order valence-electron chi connectivity index (χ3n) is 10.9. The van der Waals surface area contributed by atoms with E-state index in [2.05, 4.69) is 57.2 Å². The maximum Gasteiger partial charge on any atom is 0.306 e. The Kier molecular flexibility index (Phi) is 45.4. The monoisotopic (exact) mass is 815 g/mol. The zero-order chi connectivity index (χ0) is 42.3. The Hall–Kier alpha value is -2.37. The fourth-order valence-corrected chi connectivity index (χ4v) is 7.10. The zero-order valence-corrected chi connectivity index (χ0v) is 38.6. The average molecular weight is 815 g/mol. The molecule has 0 aliphatic heterocycles. The van der Waals surface area contributed by atoms with Crippen molar-refractivity contribution in [1.82, 2.24) is 0 Å². The van der Waals surface area contributed by atoms with Gasteiger partial charge in [0, 0.05) is 19.3 Å². The number of allylic oxidation sites excluding steroid dienone is 6. The third-order valence-corrected chi connectivity index (χ3v) is 10.9. The van der Waals surface area contributed by atoms with Gasteiger partial charge in [0.2, 0.25) is 0 Å². The first-order chi connectivity index (χ1) is 28.5. The highest BCUT2D eigenvalue weighted by molar-refractivity contribution is 5.71. The molecule has 0 aromatic rings. The number of rotatable bonds is 45. The smallest absolute Gasteiger partial charge is 0.306 e. The lowest BCUT2D eigenvalue weighted by Gasteiger charge is -2.18. The summed E-state index contributed by atoms with van der Waals surface area (Å²) in [5.41, 5.74) is 0. The van der Waals surface area contributed by atoms with Gasteiger partial charge in [-0.15, -0.1) is 0 Å². The van der Waals surface area contributed by atoms with E-state index in [1.165, 1.54) is 148 Å². The molecule has 0 saturated heterocycles. The molecule has 0 aliphatic rings. The minimum absolute atomic E-state index is 0.0713. The Bertz CT molecular complexity index is 984. The van der Waals surface area contributed by atoms with Crippen LogP contribution in [0.5, 0.6) is 0 Å². The van der Waals surface area contributed by atoms with E-state index in [9.17, 15) is 14.4 Å². The summed E-state index contributed by atoms with van der Waals surface area (Å²) in [7, 11) is 0. The molecule has 0 fully saturated rings. The van der Waals surface area contributed by atoms with Crippen molar-refractivity contribution < 1.29 is 28.6 Å². The second-order valence-electron chi connectivity index (χ2n) is 16.7. The molecule has 0 spiro atoms. The number of esters is 3. The van der Waals surface area contributed by atoms with Crippen LogP contribution in [-0.4, -0.2) is 37.2 Å². The van der Waals surface area contributed by atoms with Gasteiger partial charge in [0.15, 0.2) is 6.10 Å². The van der Waals surface area contributed by atoms with Crippen molar-refractivity contribution in [2.45, 2.75) is 264 Å². The quantitative estimate of drug-likeness (QED) is 0.0264. The molecular formula is C52H94O6. The molecule has 0 rings (SSSR count). The van der Waals surface area contributed by atoms with E-state index in [1.54, 1.807) is 0 Å². The topological polar surface area (TPSA) is 78.9 Å². The number of unbranched alkanes of at least 4 members (excludes halogenated alkanes) is 28. The van der Waals surface area contributed by atoms with Crippen molar-refractivity contribution in [3.63, 3.8) is 0 Å². The number of ether oxygens (including phenoxy) is 3. The first kappa shape index (κ1) is 55.6. The van der Waals surface area contributed by atoms with E-state index in [4.69, 9.17) is 14.2 Å². The molecule has 0 aromatic heterocycles. The Morgan fingerprint density at radius 3 is 0.966 bits per heavy atom. The average Bonchev–Trinajstić information content (AvgIpc) is 3.22. The highest BCUT2D eigenvalue weighted by Gasteiger charge is 2.19. The molecule has 0 radical (unpaired) electrons.